The van der Waals surface area contributed by atoms with Crippen LogP contribution in [0.3, 0.4) is 0 Å². The largest absolute Gasteiger partial charge is 0.507 e. The van der Waals surface area contributed by atoms with Crippen molar-refractivity contribution in [3.8, 4) is 78.6 Å². The van der Waals surface area contributed by atoms with Gasteiger partial charge in [0.2, 0.25) is 0 Å². The molecule has 0 unspecified atom stereocenters. The van der Waals surface area contributed by atoms with Crippen molar-refractivity contribution in [2.45, 2.75) is 106 Å². The molecule has 7 aromatic carbocycles. The van der Waals surface area contributed by atoms with Crippen LogP contribution in [-0.4, -0.2) is 19.6 Å². The first kappa shape index (κ1) is 34.9. The van der Waals surface area contributed by atoms with Gasteiger partial charge in [-0.2, -0.15) is 0 Å². The summed E-state index contributed by atoms with van der Waals surface area (Å²) in [5.74, 6) is 0.199. The van der Waals surface area contributed by atoms with Gasteiger partial charge in [-0.1, -0.05) is 189 Å². The maximum absolute atomic E-state index is 12.5. The summed E-state index contributed by atoms with van der Waals surface area (Å²) < 4.78 is 116. The number of aromatic hydroxyl groups is 1. The van der Waals surface area contributed by atoms with Crippen LogP contribution < -0.4 is 0 Å². The van der Waals surface area contributed by atoms with E-state index in [1.165, 1.54) is 0 Å². The summed E-state index contributed by atoms with van der Waals surface area (Å²) in [7, 11) is 0. The molecule has 1 N–H and O–H groups in total. The molecule has 0 aliphatic carbocycles. The average Bonchev–Trinajstić information content (AvgIpc) is 3.58. The van der Waals surface area contributed by atoms with Crippen LogP contribution in [0.4, 0.5) is 0 Å². The first-order chi connectivity index (χ1) is 37.7. The molecule has 2 heterocycles. The summed E-state index contributed by atoms with van der Waals surface area (Å²) in [5.41, 5.74) is 6.94. The molecule has 0 saturated heterocycles. The van der Waals surface area contributed by atoms with E-state index in [4.69, 9.17) is 17.3 Å². The number of phenols is 1. The zero-order chi connectivity index (χ0) is 59.3. The Morgan fingerprint density at radius 1 is 0.652 bits per heavy atom. The SMILES string of the molecule is [2H]c1nc(-c2[c-]c(-c3cccc4c3nc(-c3cc(C(C)C)cc(C(C)C)c3O)n4-c3ccc(-c4c(-c5ccccc5)cccc4C(C)(C)C)cc3C([2H])([2H])[2H])cc(C(C)(C)C)c2)c([2H])c(-c2c([2H])c([2H])c(C([2H])([2H])[2H])c([2H])c2[2H])c1[2H].[Pt]. The number of benzene rings is 7. The number of phenolic OH excluding ortho intramolecular Hbond substituents is 1. The number of aryl methyl sites for hydroxylation is 1. The van der Waals surface area contributed by atoms with E-state index in [2.05, 4.69) is 57.8 Å². The van der Waals surface area contributed by atoms with Crippen molar-refractivity contribution >= 4 is 11.0 Å². The third-order valence-corrected chi connectivity index (χ3v) is 12.6. The zero-order valence-corrected chi connectivity index (χ0v) is 42.9. The van der Waals surface area contributed by atoms with Gasteiger partial charge >= 0.3 is 0 Å². The molecule has 4 nitrogen and oxygen atoms in total. The summed E-state index contributed by atoms with van der Waals surface area (Å²) in [4.78, 5) is 9.85. The molecule has 0 fully saturated rings. The Balaban J connectivity index is 0.00000880. The second-order valence-corrected chi connectivity index (χ2v) is 20.2. The van der Waals surface area contributed by atoms with Gasteiger partial charge in [0.05, 0.1) is 31.9 Å². The van der Waals surface area contributed by atoms with Crippen LogP contribution in [0, 0.1) is 19.8 Å². The van der Waals surface area contributed by atoms with Crippen molar-refractivity contribution in [2.75, 3.05) is 0 Å². The van der Waals surface area contributed by atoms with Gasteiger partial charge in [0, 0.05) is 41.2 Å². The molecule has 9 aromatic rings. The number of para-hydroxylation sites is 1. The summed E-state index contributed by atoms with van der Waals surface area (Å²) in [5, 5.41) is 12.5. The van der Waals surface area contributed by atoms with E-state index in [0.717, 1.165) is 33.4 Å². The number of hydrogen-bond donors (Lipinski definition) is 1. The third-order valence-electron chi connectivity index (χ3n) is 12.6. The molecule has 0 amide bonds. The van der Waals surface area contributed by atoms with Crippen LogP contribution in [0.25, 0.3) is 83.9 Å². The van der Waals surface area contributed by atoms with Crippen molar-refractivity contribution in [2.24, 2.45) is 0 Å². The molecule has 0 atom stereocenters. The number of imidazole rings is 1. The van der Waals surface area contributed by atoms with E-state index >= 15 is 0 Å². The number of fused-ring (bicyclic) bond motifs is 1. The number of hydrogen-bond acceptors (Lipinski definition) is 3. The monoisotopic (exact) mass is 1100 g/mol. The Morgan fingerprint density at radius 3 is 2.06 bits per heavy atom. The third kappa shape index (κ3) is 9.66. The number of rotatable bonds is 9. The van der Waals surface area contributed by atoms with Gasteiger partial charge in [0.15, 0.2) is 0 Å². The van der Waals surface area contributed by atoms with Gasteiger partial charge in [-0.3, -0.25) is 9.55 Å². The van der Waals surface area contributed by atoms with Gasteiger partial charge < -0.3 is 5.11 Å². The van der Waals surface area contributed by atoms with Gasteiger partial charge in [-0.25, -0.2) is 4.98 Å². The molecule has 0 spiro atoms. The molecular formula is C64H64N3OPt-. The van der Waals surface area contributed by atoms with Gasteiger partial charge in [-0.05, 0) is 122 Å². The minimum absolute atomic E-state index is 0. The average molecular weight is 1100 g/mol. The van der Waals surface area contributed by atoms with E-state index in [-0.39, 0.29) is 66.7 Å². The summed E-state index contributed by atoms with van der Waals surface area (Å²) in [6.45, 7) is 14.8. The first-order valence-corrected chi connectivity index (χ1v) is 23.1. The molecule has 352 valence electrons. The number of nitrogens with zero attached hydrogens (tertiary/aromatic N) is 3. The molecule has 0 saturated carbocycles. The number of aromatic nitrogens is 3. The molecule has 0 bridgehead atoms. The summed E-state index contributed by atoms with van der Waals surface area (Å²) in [6.07, 6.45) is -0.632. The van der Waals surface area contributed by atoms with Crippen LogP contribution in [0.15, 0.2) is 152 Å². The molecule has 0 aliphatic heterocycles. The smallest absolute Gasteiger partial charge is 0.148 e. The van der Waals surface area contributed by atoms with Crippen LogP contribution in [0.5, 0.6) is 5.75 Å². The zero-order valence-electron chi connectivity index (χ0n) is 53.7. The molecule has 9 rings (SSSR count). The maximum Gasteiger partial charge on any atom is 0.148 e. The Bertz CT molecular complexity index is 3950. The molecule has 69 heavy (non-hydrogen) atoms. The van der Waals surface area contributed by atoms with E-state index in [1.807, 2.05) is 120 Å². The van der Waals surface area contributed by atoms with Crippen molar-refractivity contribution in [1.82, 2.24) is 14.5 Å². The Labute approximate surface area is 443 Å². The fraction of sp³-hybridized carbons (Fsp3) is 0.250. The molecular weight excluding hydrogens is 1020 g/mol. The topological polar surface area (TPSA) is 50.9 Å². The Kier molecular flexibility index (Phi) is 9.70. The van der Waals surface area contributed by atoms with E-state index in [0.29, 0.717) is 44.5 Å². The van der Waals surface area contributed by atoms with Crippen LogP contribution >= 0.6 is 0 Å². The Hall–Kier alpha value is -6.35. The van der Waals surface area contributed by atoms with E-state index in [9.17, 15) is 10.6 Å². The predicted octanol–water partition coefficient (Wildman–Crippen LogP) is 17.4. The van der Waals surface area contributed by atoms with Gasteiger partial charge in [-0.15, -0.1) is 29.3 Å². The second kappa shape index (κ2) is 19.2. The number of pyridine rings is 1. The second-order valence-electron chi connectivity index (χ2n) is 20.2. The summed E-state index contributed by atoms with van der Waals surface area (Å²) in [6, 6.07) is 33.8. The van der Waals surface area contributed by atoms with E-state index < -0.39 is 78.2 Å². The fourth-order valence-corrected chi connectivity index (χ4v) is 8.88. The van der Waals surface area contributed by atoms with Crippen molar-refractivity contribution in [1.29, 1.82) is 0 Å². The van der Waals surface area contributed by atoms with Crippen molar-refractivity contribution in [3.05, 3.63) is 191 Å². The van der Waals surface area contributed by atoms with Crippen LogP contribution in [0.1, 0.15) is 132 Å². The minimum atomic E-state index is -3.00. The maximum atomic E-state index is 12.5. The van der Waals surface area contributed by atoms with E-state index in [1.54, 1.807) is 16.7 Å². The molecule has 0 aliphatic rings. The van der Waals surface area contributed by atoms with Crippen molar-refractivity contribution < 1.29 is 44.0 Å². The van der Waals surface area contributed by atoms with Crippen molar-refractivity contribution in [3.63, 3.8) is 0 Å². The van der Waals surface area contributed by atoms with Gasteiger partial charge in [0.1, 0.15) is 11.6 Å². The van der Waals surface area contributed by atoms with Gasteiger partial charge in [0.25, 0.3) is 0 Å². The Morgan fingerprint density at radius 2 is 1.38 bits per heavy atom. The molecule has 5 heteroatoms. The normalized spacial score (nSPS) is 15.0. The summed E-state index contributed by atoms with van der Waals surface area (Å²) >= 11 is 0. The minimum Gasteiger partial charge on any atom is -0.507 e. The molecule has 0 radical (unpaired) electrons. The van der Waals surface area contributed by atoms with Crippen LogP contribution in [-0.2, 0) is 31.9 Å². The fourth-order valence-electron chi connectivity index (χ4n) is 8.88. The van der Waals surface area contributed by atoms with Crippen LogP contribution in [0.2, 0.25) is 0 Å². The standard InChI is InChI=1S/C64H64N3O.Pt/c1-39(2)47-36-53(40(3)4)61(68)54(37-47)62-66-60-52(48-33-49(35-50(34-48)63(7,8)9)56-38-45(30-31-65-56)43-26-24-41(5)25-27-43)21-17-23-58(60)67(62)57-29-28-46(32-42(57)6)59-51(44-18-14-13-15-19-44)20-16-22-55(59)64(10,11)12;/h13-32,34-40,68H,1-12H3;/q-1;/i5D3,6D3,24D,25D,26D,27D,30D,31D,38D;. The first-order valence-electron chi connectivity index (χ1n) is 29.6. The predicted molar refractivity (Wildman–Crippen MR) is 287 cm³/mol. The quantitative estimate of drug-likeness (QED) is 0.147. The molecule has 2 aromatic heterocycles.